The van der Waals surface area contributed by atoms with E-state index in [-0.39, 0.29) is 13.0 Å². The normalized spacial score (nSPS) is 25.1. The number of aliphatic carboxylic acids is 1. The number of hydrogen-bond acceptors (Lipinski definition) is 4. The number of amides is 1. The van der Waals surface area contributed by atoms with Crippen LogP contribution in [0.5, 0.6) is 0 Å². The topological polar surface area (TPSA) is 92.7 Å². The number of esters is 1. The molecule has 2 atom stereocenters. The van der Waals surface area contributed by atoms with Gasteiger partial charge in [-0.2, -0.15) is 0 Å². The summed E-state index contributed by atoms with van der Waals surface area (Å²) >= 11 is 0. The highest BCUT2D eigenvalue weighted by molar-refractivity contribution is 6.11. The van der Waals surface area contributed by atoms with Gasteiger partial charge < -0.3 is 15.2 Å². The van der Waals surface area contributed by atoms with Gasteiger partial charge in [-0.3, -0.25) is 4.79 Å². The van der Waals surface area contributed by atoms with E-state index in [1.807, 2.05) is 0 Å². The van der Waals surface area contributed by atoms with Crippen molar-refractivity contribution in [1.29, 1.82) is 0 Å². The quantitative estimate of drug-likeness (QED) is 0.623. The van der Waals surface area contributed by atoms with Crippen molar-refractivity contribution in [3.8, 4) is 0 Å². The molecule has 2 rings (SSSR count). The molecule has 1 aromatic carbocycles. The molecule has 0 saturated carbocycles. The lowest BCUT2D eigenvalue weighted by Crippen LogP contribution is -2.59. The number of rotatable bonds is 4. The maximum Gasteiger partial charge on any atom is 0.344 e. The zero-order valence-electron chi connectivity index (χ0n) is 11.0. The average Bonchev–Trinajstić information content (AvgIpc) is 2.79. The van der Waals surface area contributed by atoms with Gasteiger partial charge in [0.15, 0.2) is 0 Å². The largest absolute Gasteiger partial charge is 0.479 e. The lowest BCUT2D eigenvalue weighted by atomic mass is 9.80. The van der Waals surface area contributed by atoms with Crippen LogP contribution in [0, 0.1) is 0 Å². The van der Waals surface area contributed by atoms with E-state index in [4.69, 9.17) is 4.74 Å². The van der Waals surface area contributed by atoms with Gasteiger partial charge >= 0.3 is 11.9 Å². The van der Waals surface area contributed by atoms with Crippen molar-refractivity contribution in [1.82, 2.24) is 5.32 Å². The molecule has 1 aromatic rings. The summed E-state index contributed by atoms with van der Waals surface area (Å²) in [5.41, 5.74) is -1.43. The van der Waals surface area contributed by atoms with Gasteiger partial charge in [0, 0.05) is 12.3 Å². The molecular weight excluding hydrogens is 262 g/mol. The number of ether oxygens (including phenoxy) is 1. The molecule has 1 saturated heterocycles. The second-order valence-electron chi connectivity index (χ2n) is 4.55. The predicted octanol–water partition coefficient (Wildman–Crippen LogP) is 0.677. The molecule has 1 fully saturated rings. The SMILES string of the molecule is CCOC(=O)[C@]1(C(=O)O)NC(=O)C[C@@H]1c1ccccc1. The van der Waals surface area contributed by atoms with Crippen LogP contribution in [-0.4, -0.2) is 35.1 Å². The fourth-order valence-electron chi connectivity index (χ4n) is 2.48. The summed E-state index contributed by atoms with van der Waals surface area (Å²) in [4.78, 5) is 35.4. The summed E-state index contributed by atoms with van der Waals surface area (Å²) in [6, 6.07) is 8.63. The lowest BCUT2D eigenvalue weighted by Gasteiger charge is -2.28. The molecule has 1 aliphatic heterocycles. The molecule has 106 valence electrons. The summed E-state index contributed by atoms with van der Waals surface area (Å²) < 4.78 is 4.86. The minimum atomic E-state index is -2.05. The van der Waals surface area contributed by atoms with Crippen LogP contribution in [0.1, 0.15) is 24.8 Å². The highest BCUT2D eigenvalue weighted by Gasteiger charge is 2.60. The highest BCUT2D eigenvalue weighted by Crippen LogP contribution is 2.37. The molecule has 0 spiro atoms. The standard InChI is InChI=1S/C14H15NO5/c1-2-20-13(19)14(12(17)18)10(8-11(16)15-14)9-6-4-3-5-7-9/h3-7,10H,2,8H2,1H3,(H,15,16)(H,17,18)/t10-,14+/m1/s1. The number of carboxylic acids is 1. The summed E-state index contributed by atoms with van der Waals surface area (Å²) in [7, 11) is 0. The Labute approximate surface area is 115 Å². The van der Waals surface area contributed by atoms with Gasteiger partial charge in [0.1, 0.15) is 0 Å². The summed E-state index contributed by atoms with van der Waals surface area (Å²) in [5, 5.41) is 11.8. The van der Waals surface area contributed by atoms with E-state index in [9.17, 15) is 19.5 Å². The maximum atomic E-state index is 12.1. The molecule has 0 unspecified atom stereocenters. The Hall–Kier alpha value is -2.37. The van der Waals surface area contributed by atoms with Crippen molar-refractivity contribution in [2.24, 2.45) is 0 Å². The number of hydrogen-bond donors (Lipinski definition) is 2. The Morgan fingerprint density at radius 1 is 1.40 bits per heavy atom. The number of carboxylic acid groups (broad SMARTS) is 1. The predicted molar refractivity (Wildman–Crippen MR) is 68.9 cm³/mol. The van der Waals surface area contributed by atoms with Gasteiger partial charge in [-0.15, -0.1) is 0 Å². The summed E-state index contributed by atoms with van der Waals surface area (Å²) in [5.74, 6) is -3.61. The van der Waals surface area contributed by atoms with Gasteiger partial charge in [-0.05, 0) is 12.5 Å². The number of carbonyl (C=O) groups is 3. The molecule has 1 amide bonds. The fourth-order valence-corrected chi connectivity index (χ4v) is 2.48. The van der Waals surface area contributed by atoms with E-state index in [0.29, 0.717) is 5.56 Å². The van der Waals surface area contributed by atoms with Crippen LogP contribution in [0.25, 0.3) is 0 Å². The summed E-state index contributed by atoms with van der Waals surface area (Å²) in [6.07, 6.45) is -0.0604. The van der Waals surface area contributed by atoms with Crippen LogP contribution < -0.4 is 5.32 Å². The van der Waals surface area contributed by atoms with Crippen LogP contribution in [0.4, 0.5) is 0 Å². The molecule has 0 aliphatic carbocycles. The van der Waals surface area contributed by atoms with Gasteiger partial charge in [0.05, 0.1) is 6.61 Å². The van der Waals surface area contributed by atoms with E-state index in [1.54, 1.807) is 37.3 Å². The number of nitrogens with one attached hydrogen (secondary N) is 1. The van der Waals surface area contributed by atoms with E-state index >= 15 is 0 Å². The molecule has 1 aliphatic rings. The fraction of sp³-hybridized carbons (Fsp3) is 0.357. The van der Waals surface area contributed by atoms with Gasteiger partial charge in [0.25, 0.3) is 0 Å². The van der Waals surface area contributed by atoms with Crippen molar-refractivity contribution < 1.29 is 24.2 Å². The maximum absolute atomic E-state index is 12.1. The Morgan fingerprint density at radius 3 is 2.60 bits per heavy atom. The Kier molecular flexibility index (Phi) is 3.74. The van der Waals surface area contributed by atoms with Crippen LogP contribution in [0.2, 0.25) is 0 Å². The monoisotopic (exact) mass is 277 g/mol. The van der Waals surface area contributed by atoms with Crippen molar-refractivity contribution in [3.05, 3.63) is 35.9 Å². The zero-order chi connectivity index (χ0) is 14.8. The molecule has 1 heterocycles. The van der Waals surface area contributed by atoms with Crippen LogP contribution in [0.3, 0.4) is 0 Å². The van der Waals surface area contributed by atoms with Crippen LogP contribution >= 0.6 is 0 Å². The molecule has 6 nitrogen and oxygen atoms in total. The van der Waals surface area contributed by atoms with E-state index in [2.05, 4.69) is 5.32 Å². The minimum Gasteiger partial charge on any atom is -0.479 e. The summed E-state index contributed by atoms with van der Waals surface area (Å²) in [6.45, 7) is 1.63. The molecule has 0 bridgehead atoms. The Bertz CT molecular complexity index is 542. The van der Waals surface area contributed by atoms with E-state index in [1.165, 1.54) is 0 Å². The first kappa shape index (κ1) is 14.0. The average molecular weight is 277 g/mol. The number of carbonyl (C=O) groups excluding carboxylic acids is 2. The highest BCUT2D eigenvalue weighted by atomic mass is 16.5. The first-order valence-corrected chi connectivity index (χ1v) is 6.29. The second kappa shape index (κ2) is 5.32. The Balaban J connectivity index is 2.50. The third-order valence-corrected chi connectivity index (χ3v) is 3.39. The zero-order valence-corrected chi connectivity index (χ0v) is 11.0. The van der Waals surface area contributed by atoms with Gasteiger partial charge in [0.2, 0.25) is 11.4 Å². The first-order chi connectivity index (χ1) is 9.52. The second-order valence-corrected chi connectivity index (χ2v) is 4.55. The van der Waals surface area contributed by atoms with Crippen LogP contribution in [0.15, 0.2) is 30.3 Å². The van der Waals surface area contributed by atoms with E-state index < -0.39 is 29.3 Å². The van der Waals surface area contributed by atoms with E-state index in [0.717, 1.165) is 0 Å². The van der Waals surface area contributed by atoms with Crippen molar-refractivity contribution >= 4 is 17.8 Å². The first-order valence-electron chi connectivity index (χ1n) is 6.29. The third-order valence-electron chi connectivity index (χ3n) is 3.39. The smallest absolute Gasteiger partial charge is 0.344 e. The van der Waals surface area contributed by atoms with Crippen molar-refractivity contribution in [2.45, 2.75) is 24.8 Å². The molecule has 20 heavy (non-hydrogen) atoms. The van der Waals surface area contributed by atoms with Crippen molar-refractivity contribution in [2.75, 3.05) is 6.61 Å². The van der Waals surface area contributed by atoms with Crippen LogP contribution in [-0.2, 0) is 19.1 Å². The van der Waals surface area contributed by atoms with Gasteiger partial charge in [-0.1, -0.05) is 30.3 Å². The Morgan fingerprint density at radius 2 is 2.05 bits per heavy atom. The molecule has 0 radical (unpaired) electrons. The number of benzene rings is 1. The minimum absolute atomic E-state index is 0.0469. The van der Waals surface area contributed by atoms with Crippen molar-refractivity contribution in [3.63, 3.8) is 0 Å². The third kappa shape index (κ3) is 2.13. The molecule has 0 aromatic heterocycles. The lowest BCUT2D eigenvalue weighted by molar-refractivity contribution is -0.163. The molecular formula is C14H15NO5. The molecule has 2 N–H and O–H groups in total. The molecule has 6 heteroatoms. The van der Waals surface area contributed by atoms with Gasteiger partial charge in [-0.25, -0.2) is 9.59 Å².